The molecule has 3 atom stereocenters. The van der Waals surface area contributed by atoms with E-state index in [1.165, 1.54) is 16.9 Å². The van der Waals surface area contributed by atoms with Crippen molar-refractivity contribution in [1.29, 1.82) is 0 Å². The topological polar surface area (TPSA) is 88.2 Å². The first-order valence-electron chi connectivity index (χ1n) is 10.5. The molecule has 7 heteroatoms. The Morgan fingerprint density at radius 3 is 2.77 bits per heavy atom. The molecular formula is C24H26BrN3O2S. The van der Waals surface area contributed by atoms with Gasteiger partial charge < -0.3 is 16.2 Å². The molecule has 0 bridgehead atoms. The summed E-state index contributed by atoms with van der Waals surface area (Å²) in [6, 6.07) is 16.0. The third-order valence-corrected chi connectivity index (χ3v) is 7.29. The molecule has 31 heavy (non-hydrogen) atoms. The van der Waals surface area contributed by atoms with E-state index < -0.39 is 0 Å². The number of nitrogens with zero attached hydrogens (tertiary/aromatic N) is 1. The zero-order valence-corrected chi connectivity index (χ0v) is 19.5. The normalized spacial score (nSPS) is 19.3. The van der Waals surface area contributed by atoms with Gasteiger partial charge in [-0.05, 0) is 76.7 Å². The fraction of sp³-hybridized carbons (Fsp3) is 0.333. The first-order valence-corrected chi connectivity index (χ1v) is 12.2. The zero-order valence-electron chi connectivity index (χ0n) is 17.1. The molecule has 5 nitrogen and oxygen atoms in total. The Bertz CT molecular complexity index is 1040. The molecule has 162 valence electrons. The number of carbonyl (C=O) groups excluding carboxylic acids is 1. The number of nitrogens with one attached hydrogen (secondary N) is 1. The van der Waals surface area contributed by atoms with Crippen LogP contribution in [-0.4, -0.2) is 16.0 Å². The third-order valence-electron chi connectivity index (χ3n) is 5.91. The standard InChI is InChI=1S/C24H26BrN3O2S/c25-20-12-16(7-9-21(20)28-22(29)13-19-14-31-24(26)27-19)10-15-6-8-18(11-15)23(30)17-4-2-1-3-5-17/h1-5,7,9,12,14-15,18,23,30H,6,8,10-11,13H2,(H2,26,27)(H,28,29)/t15-,18+,23-/m1/s1. The van der Waals surface area contributed by atoms with Crippen LogP contribution in [0.3, 0.4) is 0 Å². The van der Waals surface area contributed by atoms with Crippen LogP contribution in [0.2, 0.25) is 0 Å². The van der Waals surface area contributed by atoms with Crippen LogP contribution in [0, 0.1) is 11.8 Å². The molecule has 0 unspecified atom stereocenters. The van der Waals surface area contributed by atoms with E-state index in [9.17, 15) is 9.90 Å². The van der Waals surface area contributed by atoms with Crippen molar-refractivity contribution < 1.29 is 9.90 Å². The number of hydrogen-bond acceptors (Lipinski definition) is 5. The number of rotatable bonds is 7. The number of halogens is 1. The average Bonchev–Trinajstić information content (AvgIpc) is 3.39. The van der Waals surface area contributed by atoms with E-state index in [0.29, 0.717) is 22.7 Å². The number of aliphatic hydroxyl groups is 1. The molecule has 1 heterocycles. The predicted octanol–water partition coefficient (Wildman–Crippen LogP) is 5.36. The smallest absolute Gasteiger partial charge is 0.230 e. The lowest BCUT2D eigenvalue weighted by Crippen LogP contribution is -2.15. The summed E-state index contributed by atoms with van der Waals surface area (Å²) in [4.78, 5) is 16.4. The summed E-state index contributed by atoms with van der Waals surface area (Å²) in [5.41, 5.74) is 9.30. The van der Waals surface area contributed by atoms with Gasteiger partial charge in [0.2, 0.25) is 5.91 Å². The molecule has 0 saturated heterocycles. The summed E-state index contributed by atoms with van der Waals surface area (Å²) in [6.07, 6.45) is 4.00. The van der Waals surface area contributed by atoms with E-state index in [2.05, 4.69) is 38.4 Å². The van der Waals surface area contributed by atoms with Gasteiger partial charge in [-0.3, -0.25) is 4.79 Å². The second-order valence-electron chi connectivity index (χ2n) is 8.22. The number of aromatic nitrogens is 1. The van der Waals surface area contributed by atoms with Crippen LogP contribution in [0.4, 0.5) is 10.8 Å². The van der Waals surface area contributed by atoms with Crippen molar-refractivity contribution in [2.75, 3.05) is 11.1 Å². The van der Waals surface area contributed by atoms with E-state index in [1.807, 2.05) is 36.4 Å². The van der Waals surface area contributed by atoms with Gasteiger partial charge in [0.15, 0.2) is 5.13 Å². The van der Waals surface area contributed by atoms with Crippen LogP contribution in [0.15, 0.2) is 58.4 Å². The molecule has 1 saturated carbocycles. The molecule has 1 aliphatic rings. The van der Waals surface area contributed by atoms with E-state index in [-0.39, 0.29) is 18.4 Å². The third kappa shape index (κ3) is 5.73. The van der Waals surface area contributed by atoms with Crippen LogP contribution < -0.4 is 11.1 Å². The minimum atomic E-state index is -0.386. The molecule has 1 fully saturated rings. The van der Waals surface area contributed by atoms with Crippen LogP contribution in [0.25, 0.3) is 0 Å². The van der Waals surface area contributed by atoms with E-state index in [4.69, 9.17) is 5.73 Å². The second kappa shape index (κ2) is 9.94. The lowest BCUT2D eigenvalue weighted by Gasteiger charge is -2.19. The Labute approximate surface area is 194 Å². The van der Waals surface area contributed by atoms with Crippen LogP contribution in [-0.2, 0) is 17.6 Å². The lowest BCUT2D eigenvalue weighted by atomic mass is 9.91. The first kappa shape index (κ1) is 22.0. The van der Waals surface area contributed by atoms with Gasteiger partial charge in [0.05, 0.1) is 23.9 Å². The van der Waals surface area contributed by atoms with Gasteiger partial charge in [0.1, 0.15) is 0 Å². The number of hydrogen-bond donors (Lipinski definition) is 3. The van der Waals surface area contributed by atoms with Gasteiger partial charge in [-0.25, -0.2) is 4.98 Å². The Balaban J connectivity index is 1.31. The number of amides is 1. The Morgan fingerprint density at radius 1 is 1.26 bits per heavy atom. The lowest BCUT2D eigenvalue weighted by molar-refractivity contribution is -0.115. The van der Waals surface area contributed by atoms with Crippen molar-refractivity contribution in [3.05, 3.63) is 75.2 Å². The maximum Gasteiger partial charge on any atom is 0.230 e. The number of benzene rings is 2. The maximum absolute atomic E-state index is 12.3. The van der Waals surface area contributed by atoms with E-state index in [1.54, 1.807) is 5.38 Å². The minimum absolute atomic E-state index is 0.118. The molecule has 0 aliphatic heterocycles. The minimum Gasteiger partial charge on any atom is -0.388 e. The molecule has 4 N–H and O–H groups in total. The second-order valence-corrected chi connectivity index (χ2v) is 9.96. The summed E-state index contributed by atoms with van der Waals surface area (Å²) in [7, 11) is 0. The molecule has 0 radical (unpaired) electrons. The monoisotopic (exact) mass is 499 g/mol. The van der Waals surface area contributed by atoms with Crippen molar-refractivity contribution in [3.63, 3.8) is 0 Å². The largest absolute Gasteiger partial charge is 0.388 e. The molecular weight excluding hydrogens is 474 g/mol. The SMILES string of the molecule is Nc1nc(CC(=O)Nc2ccc(C[C@H]3CC[C@H]([C@H](O)c4ccccc4)C3)cc2Br)cs1. The molecule has 1 amide bonds. The fourth-order valence-electron chi connectivity index (χ4n) is 4.39. The highest BCUT2D eigenvalue weighted by molar-refractivity contribution is 9.10. The van der Waals surface area contributed by atoms with Gasteiger partial charge in [-0.2, -0.15) is 0 Å². The number of carbonyl (C=O) groups is 1. The van der Waals surface area contributed by atoms with Gasteiger partial charge in [0, 0.05) is 9.85 Å². The Hall–Kier alpha value is -2.22. The van der Waals surface area contributed by atoms with Gasteiger partial charge >= 0.3 is 0 Å². The number of thiazole rings is 1. The van der Waals surface area contributed by atoms with E-state index >= 15 is 0 Å². The van der Waals surface area contributed by atoms with Crippen molar-refractivity contribution in [2.24, 2.45) is 11.8 Å². The number of anilines is 2. The van der Waals surface area contributed by atoms with Gasteiger partial charge in [-0.15, -0.1) is 11.3 Å². The molecule has 4 rings (SSSR count). The fourth-order valence-corrected chi connectivity index (χ4v) is 5.48. The summed E-state index contributed by atoms with van der Waals surface area (Å²) < 4.78 is 0.870. The van der Waals surface area contributed by atoms with Crippen molar-refractivity contribution in [3.8, 4) is 0 Å². The Morgan fingerprint density at radius 2 is 2.06 bits per heavy atom. The summed E-state index contributed by atoms with van der Waals surface area (Å²) in [6.45, 7) is 0. The van der Waals surface area contributed by atoms with Crippen LogP contribution >= 0.6 is 27.3 Å². The molecule has 3 aromatic rings. The summed E-state index contributed by atoms with van der Waals surface area (Å²) in [5, 5.41) is 15.9. The summed E-state index contributed by atoms with van der Waals surface area (Å²) in [5.74, 6) is 0.757. The zero-order chi connectivity index (χ0) is 21.8. The highest BCUT2D eigenvalue weighted by atomic mass is 79.9. The number of nitrogen functional groups attached to an aromatic ring is 1. The summed E-state index contributed by atoms with van der Waals surface area (Å²) >= 11 is 4.93. The highest BCUT2D eigenvalue weighted by Crippen LogP contribution is 2.40. The van der Waals surface area contributed by atoms with Crippen molar-refractivity contribution in [2.45, 2.75) is 38.2 Å². The predicted molar refractivity (Wildman–Crippen MR) is 129 cm³/mol. The Kier molecular flexibility index (Phi) is 7.05. The molecule has 1 aromatic heterocycles. The van der Waals surface area contributed by atoms with Gasteiger partial charge in [-0.1, -0.05) is 36.4 Å². The van der Waals surface area contributed by atoms with Crippen LogP contribution in [0.5, 0.6) is 0 Å². The number of nitrogens with two attached hydrogens (primary N) is 1. The molecule has 1 aliphatic carbocycles. The van der Waals surface area contributed by atoms with Gasteiger partial charge in [0.25, 0.3) is 0 Å². The van der Waals surface area contributed by atoms with E-state index in [0.717, 1.165) is 41.4 Å². The first-order chi connectivity index (χ1) is 15.0. The van der Waals surface area contributed by atoms with Crippen molar-refractivity contribution >= 4 is 44.0 Å². The quantitative estimate of drug-likeness (QED) is 0.408. The van der Waals surface area contributed by atoms with Crippen molar-refractivity contribution in [1.82, 2.24) is 4.98 Å². The highest BCUT2D eigenvalue weighted by Gasteiger charge is 2.30. The molecule has 2 aromatic carbocycles. The molecule has 0 spiro atoms. The van der Waals surface area contributed by atoms with Crippen LogP contribution in [0.1, 0.15) is 42.2 Å². The maximum atomic E-state index is 12.3. The average molecular weight is 500 g/mol. The number of aliphatic hydroxyl groups excluding tert-OH is 1.